The van der Waals surface area contributed by atoms with Crippen LogP contribution in [0, 0.1) is 11.7 Å². The van der Waals surface area contributed by atoms with Crippen LogP contribution in [-0.4, -0.2) is 34.6 Å². The number of carbonyl (C=O) groups is 3. The summed E-state index contributed by atoms with van der Waals surface area (Å²) < 4.78 is 19.5. The minimum Gasteiger partial charge on any atom is -0.483 e. The Bertz CT molecular complexity index is 1810. The molecule has 3 atom stereocenters. The van der Waals surface area contributed by atoms with Gasteiger partial charge in [-0.05, 0) is 60.7 Å². The predicted octanol–water partition coefficient (Wildman–Crippen LogP) is 6.35. The molecule has 2 N–H and O–H groups in total. The quantitative estimate of drug-likeness (QED) is 0.233. The van der Waals surface area contributed by atoms with E-state index in [1.165, 1.54) is 30.3 Å². The number of rotatable bonds is 6. The average molecular weight is 665 g/mol. The molecule has 214 valence electrons. The van der Waals surface area contributed by atoms with E-state index in [4.69, 9.17) is 39.5 Å². The maximum Gasteiger partial charge on any atom is 0.305 e. The smallest absolute Gasteiger partial charge is 0.305 e. The van der Waals surface area contributed by atoms with Crippen LogP contribution in [0.3, 0.4) is 0 Å². The third kappa shape index (κ3) is 5.31. The summed E-state index contributed by atoms with van der Waals surface area (Å²) in [6, 6.07) is 14.4. The number of ether oxygens (including phenoxy) is 1. The van der Waals surface area contributed by atoms with Gasteiger partial charge < -0.3 is 15.0 Å². The summed E-state index contributed by atoms with van der Waals surface area (Å²) in [7, 11) is 0. The monoisotopic (exact) mass is 663 g/mol. The maximum atomic E-state index is 13.9. The van der Waals surface area contributed by atoms with E-state index in [1.54, 1.807) is 30.3 Å². The lowest BCUT2D eigenvalue weighted by molar-refractivity contribution is -0.122. The van der Waals surface area contributed by atoms with Gasteiger partial charge in [0.25, 0.3) is 5.91 Å². The maximum absolute atomic E-state index is 13.9. The van der Waals surface area contributed by atoms with Crippen LogP contribution < -0.4 is 19.8 Å². The number of imide groups is 1. The van der Waals surface area contributed by atoms with Crippen molar-refractivity contribution in [2.75, 3.05) is 16.8 Å². The van der Waals surface area contributed by atoms with Gasteiger partial charge in [0.15, 0.2) is 6.61 Å². The normalized spacial score (nSPS) is 19.4. The predicted molar refractivity (Wildman–Crippen MR) is 161 cm³/mol. The van der Waals surface area contributed by atoms with Crippen molar-refractivity contribution in [1.82, 2.24) is 4.98 Å². The van der Waals surface area contributed by atoms with Gasteiger partial charge in [0.2, 0.25) is 11.8 Å². The van der Waals surface area contributed by atoms with Gasteiger partial charge in [-0.25, -0.2) is 9.29 Å². The lowest BCUT2D eigenvalue weighted by atomic mass is 9.82. The highest BCUT2D eigenvalue weighted by Crippen LogP contribution is 2.54. The Balaban J connectivity index is 1.35. The number of amides is 3. The number of thioether (sulfide) groups is 1. The molecule has 8 nitrogen and oxygen atoms in total. The number of hydrogen-bond acceptors (Lipinski definition) is 7. The fraction of sp³-hybridized carbons (Fsp3) is 0.143. The summed E-state index contributed by atoms with van der Waals surface area (Å²) in [6.45, 7) is -0.407. The number of hydrogen-bond donors (Lipinski definition) is 2. The number of H-pyrrole nitrogens is 1. The summed E-state index contributed by atoms with van der Waals surface area (Å²) in [4.78, 5) is 56.6. The standard InChI is InChI=1S/C28H17Cl3FN3O5S2/c29-12-1-8-19(40-11-20(36)33-14-4-7-17(30)18(31)10-14)16(9-12)21-22-24(41-25-23(21)42-28(39)34-25)27(38)35(26(22)37)15-5-2-13(32)3-6-15/h1-10,21-22,24H,11H2,(H,33,36)(H,34,39)/t21-,22?,24?/m1/s1. The molecule has 3 heterocycles. The lowest BCUT2D eigenvalue weighted by Gasteiger charge is -2.31. The second-order valence-corrected chi connectivity index (χ2v) is 12.8. The molecular formula is C28H17Cl3FN3O5S2. The number of aromatic nitrogens is 1. The van der Waals surface area contributed by atoms with E-state index in [9.17, 15) is 23.6 Å². The molecule has 2 aliphatic heterocycles. The second kappa shape index (κ2) is 11.4. The molecule has 1 fully saturated rings. The molecule has 14 heteroatoms. The largest absolute Gasteiger partial charge is 0.483 e. The number of thiazole rings is 1. The van der Waals surface area contributed by atoms with E-state index < -0.39 is 47.2 Å². The van der Waals surface area contributed by atoms with Gasteiger partial charge in [-0.2, -0.15) is 0 Å². The molecule has 0 radical (unpaired) electrons. The first-order chi connectivity index (χ1) is 20.1. The first kappa shape index (κ1) is 28.8. The first-order valence-corrected chi connectivity index (χ1v) is 15.1. The van der Waals surface area contributed by atoms with Crippen molar-refractivity contribution >= 4 is 87.0 Å². The zero-order valence-electron chi connectivity index (χ0n) is 21.0. The van der Waals surface area contributed by atoms with Crippen molar-refractivity contribution in [2.45, 2.75) is 16.2 Å². The summed E-state index contributed by atoms with van der Waals surface area (Å²) in [5, 5.41) is 3.19. The molecule has 1 saturated heterocycles. The van der Waals surface area contributed by atoms with Crippen molar-refractivity contribution in [2.24, 2.45) is 5.92 Å². The van der Waals surface area contributed by atoms with E-state index >= 15 is 0 Å². The van der Waals surface area contributed by atoms with E-state index in [0.29, 0.717) is 31.2 Å². The third-order valence-electron chi connectivity index (χ3n) is 6.78. The van der Waals surface area contributed by atoms with Gasteiger partial charge in [0.1, 0.15) is 16.8 Å². The van der Waals surface area contributed by atoms with Crippen LogP contribution >= 0.6 is 57.9 Å². The number of carbonyl (C=O) groups excluding carboxylic acids is 3. The highest BCUT2D eigenvalue weighted by Gasteiger charge is 2.56. The number of nitrogens with one attached hydrogen (secondary N) is 2. The van der Waals surface area contributed by atoms with Crippen LogP contribution in [0.5, 0.6) is 5.75 Å². The fourth-order valence-electron chi connectivity index (χ4n) is 5.00. The van der Waals surface area contributed by atoms with Gasteiger partial charge in [-0.3, -0.25) is 19.2 Å². The van der Waals surface area contributed by atoms with E-state index in [-0.39, 0.29) is 21.3 Å². The Labute approximate surface area is 260 Å². The van der Waals surface area contributed by atoms with Crippen LogP contribution in [0.1, 0.15) is 16.4 Å². The summed E-state index contributed by atoms with van der Waals surface area (Å²) in [5.74, 6) is -3.49. The van der Waals surface area contributed by atoms with Crippen molar-refractivity contribution < 1.29 is 23.5 Å². The second-order valence-electron chi connectivity index (χ2n) is 9.39. The molecule has 42 heavy (non-hydrogen) atoms. The van der Waals surface area contributed by atoms with Crippen LogP contribution in [0.4, 0.5) is 15.8 Å². The van der Waals surface area contributed by atoms with Gasteiger partial charge in [0, 0.05) is 27.1 Å². The molecule has 0 spiro atoms. The highest BCUT2D eigenvalue weighted by molar-refractivity contribution is 8.00. The Kier molecular flexibility index (Phi) is 7.79. The van der Waals surface area contributed by atoms with Crippen LogP contribution in [0.25, 0.3) is 0 Å². The van der Waals surface area contributed by atoms with Crippen molar-refractivity contribution in [3.8, 4) is 5.75 Å². The van der Waals surface area contributed by atoms with Gasteiger partial charge in [-0.15, -0.1) is 0 Å². The molecule has 1 aromatic heterocycles. The van der Waals surface area contributed by atoms with Crippen molar-refractivity contribution in [3.63, 3.8) is 0 Å². The van der Waals surface area contributed by atoms with Crippen LogP contribution in [0.2, 0.25) is 15.1 Å². The third-order valence-corrected chi connectivity index (χ3v) is 10.2. The number of halogens is 4. The number of aromatic amines is 1. The number of nitrogens with zero attached hydrogens (tertiary/aromatic N) is 1. The molecular weight excluding hydrogens is 648 g/mol. The number of benzene rings is 3. The van der Waals surface area contributed by atoms with E-state index in [1.807, 2.05) is 0 Å². The molecule has 2 aliphatic rings. The molecule has 4 aromatic rings. The Morgan fingerprint density at radius 2 is 1.74 bits per heavy atom. The zero-order chi connectivity index (χ0) is 29.7. The SMILES string of the molecule is O=C(COc1ccc(Cl)cc1[C@H]1c2sc(=O)[nH]c2SC2C(=O)N(c3ccc(F)cc3)C(=O)C21)Nc1ccc(Cl)c(Cl)c1. The minimum atomic E-state index is -0.933. The Hall–Kier alpha value is -3.35. The molecule has 0 bridgehead atoms. The highest BCUT2D eigenvalue weighted by atomic mass is 35.5. The topological polar surface area (TPSA) is 109 Å². The minimum absolute atomic E-state index is 0.235. The fourth-order valence-corrected chi connectivity index (χ4v) is 7.99. The van der Waals surface area contributed by atoms with Gasteiger partial charge in [0.05, 0.1) is 26.7 Å². The van der Waals surface area contributed by atoms with Crippen LogP contribution in [-0.2, 0) is 14.4 Å². The Morgan fingerprint density at radius 1 is 0.976 bits per heavy atom. The number of fused-ring (bicyclic) bond motifs is 2. The Morgan fingerprint density at radius 3 is 2.48 bits per heavy atom. The van der Waals surface area contributed by atoms with Gasteiger partial charge in [-0.1, -0.05) is 57.9 Å². The van der Waals surface area contributed by atoms with Crippen LogP contribution in [0.15, 0.2) is 70.5 Å². The van der Waals surface area contributed by atoms with E-state index in [2.05, 4.69) is 10.3 Å². The first-order valence-electron chi connectivity index (χ1n) is 12.3. The molecule has 3 amide bonds. The molecule has 0 aliphatic carbocycles. The van der Waals surface area contributed by atoms with Gasteiger partial charge >= 0.3 is 4.87 Å². The average Bonchev–Trinajstić information content (AvgIpc) is 3.44. The lowest BCUT2D eigenvalue weighted by Crippen LogP contribution is -2.32. The summed E-state index contributed by atoms with van der Waals surface area (Å²) in [6.07, 6.45) is 0. The van der Waals surface area contributed by atoms with E-state index in [0.717, 1.165) is 28.0 Å². The molecule has 6 rings (SSSR count). The summed E-state index contributed by atoms with van der Waals surface area (Å²) >= 11 is 20.4. The molecule has 2 unspecified atom stereocenters. The molecule has 0 saturated carbocycles. The molecule has 3 aromatic carbocycles. The number of anilines is 2. The summed E-state index contributed by atoms with van der Waals surface area (Å²) in [5.41, 5.74) is 1.08. The zero-order valence-corrected chi connectivity index (χ0v) is 24.9. The van der Waals surface area contributed by atoms with Crippen molar-refractivity contribution in [3.05, 3.63) is 102 Å². The van der Waals surface area contributed by atoms with Crippen molar-refractivity contribution in [1.29, 1.82) is 0 Å².